The standard InChI is InChI=1S/C32H17BrCl2F5N3O7/c33-11-4-7-18(44)16(8-11)20-14-5-6-15-19(28(46)41(27(15)45)12-2-1-3-13(9-12)43(49)50)17(14)10-31(34)29(47)42(30(48)32(20,31)35)26-24(39)22(37)21(36)23(38)25(26)40/h1-5,7-9,15,17,19-20,44H,6,10H2/t15-,17+,19-,20+,31+,32-/m0/s1. The van der Waals surface area contributed by atoms with Crippen molar-refractivity contribution in [2.24, 2.45) is 17.8 Å². The number of phenols is 1. The van der Waals surface area contributed by atoms with E-state index in [1.165, 1.54) is 36.4 Å². The lowest BCUT2D eigenvalue weighted by Gasteiger charge is -2.50. The zero-order valence-corrected chi connectivity index (χ0v) is 27.7. The fourth-order valence-corrected chi connectivity index (χ4v) is 8.97. The molecule has 0 unspecified atom stereocenters. The molecule has 2 aliphatic heterocycles. The third-order valence-electron chi connectivity index (χ3n) is 9.82. The van der Waals surface area contributed by atoms with Gasteiger partial charge in [-0.25, -0.2) is 31.8 Å². The minimum absolute atomic E-state index is 0.119. The van der Waals surface area contributed by atoms with E-state index in [1.807, 2.05) is 0 Å². The Morgan fingerprint density at radius 2 is 1.50 bits per heavy atom. The van der Waals surface area contributed by atoms with Gasteiger partial charge in [-0.05, 0) is 43.0 Å². The lowest BCUT2D eigenvalue weighted by Crippen LogP contribution is -2.60. The van der Waals surface area contributed by atoms with Crippen LogP contribution >= 0.6 is 39.1 Å². The fraction of sp³-hybridized carbons (Fsp3) is 0.250. The Bertz CT molecular complexity index is 2140. The van der Waals surface area contributed by atoms with Crippen molar-refractivity contribution in [2.75, 3.05) is 9.80 Å². The molecule has 0 bridgehead atoms. The molecule has 258 valence electrons. The highest BCUT2D eigenvalue weighted by Gasteiger charge is 2.77. The first-order chi connectivity index (χ1) is 23.5. The van der Waals surface area contributed by atoms with Crippen LogP contribution in [0.15, 0.2) is 58.6 Å². The summed E-state index contributed by atoms with van der Waals surface area (Å²) >= 11 is 17.3. The van der Waals surface area contributed by atoms with Gasteiger partial charge in [0.25, 0.3) is 17.5 Å². The van der Waals surface area contributed by atoms with E-state index in [1.54, 1.807) is 0 Å². The van der Waals surface area contributed by atoms with E-state index in [0.717, 1.165) is 17.0 Å². The number of anilines is 2. The largest absolute Gasteiger partial charge is 0.508 e. The average molecular weight is 801 g/mol. The molecule has 0 spiro atoms. The zero-order chi connectivity index (χ0) is 36.4. The highest BCUT2D eigenvalue weighted by molar-refractivity contribution is 9.10. The van der Waals surface area contributed by atoms with Crippen molar-refractivity contribution >= 4 is 79.8 Å². The molecular weight excluding hydrogens is 784 g/mol. The van der Waals surface area contributed by atoms with Crippen molar-refractivity contribution in [1.29, 1.82) is 0 Å². The molecule has 2 heterocycles. The van der Waals surface area contributed by atoms with E-state index >= 15 is 8.78 Å². The van der Waals surface area contributed by atoms with Gasteiger partial charge in [-0.2, -0.15) is 0 Å². The Morgan fingerprint density at radius 3 is 2.14 bits per heavy atom. The maximum atomic E-state index is 15.2. The molecule has 1 saturated carbocycles. The second-order valence-electron chi connectivity index (χ2n) is 12.2. The number of imide groups is 2. The first kappa shape index (κ1) is 34.1. The lowest BCUT2D eigenvalue weighted by molar-refractivity contribution is -0.384. The highest BCUT2D eigenvalue weighted by atomic mass is 79.9. The molecule has 0 radical (unpaired) electrons. The van der Waals surface area contributed by atoms with Gasteiger partial charge in [0.15, 0.2) is 33.0 Å². The van der Waals surface area contributed by atoms with Crippen LogP contribution < -0.4 is 9.80 Å². The molecule has 2 saturated heterocycles. The van der Waals surface area contributed by atoms with Gasteiger partial charge < -0.3 is 5.11 Å². The molecule has 4 aliphatic rings. The summed E-state index contributed by atoms with van der Waals surface area (Å²) in [4.78, 5) is 62.0. The number of hydrogen-bond acceptors (Lipinski definition) is 7. The number of amides is 4. The fourth-order valence-electron chi connectivity index (χ4n) is 7.67. The lowest BCUT2D eigenvalue weighted by atomic mass is 9.56. The van der Waals surface area contributed by atoms with Crippen LogP contribution in [0, 0.1) is 57.0 Å². The van der Waals surface area contributed by atoms with E-state index in [2.05, 4.69) is 15.9 Å². The third-order valence-corrected chi connectivity index (χ3v) is 11.7. The number of phenolic OH excluding ortho intramolecular Hbond substituents is 1. The van der Waals surface area contributed by atoms with Crippen LogP contribution in [0.1, 0.15) is 24.3 Å². The summed E-state index contributed by atoms with van der Waals surface area (Å²) in [7, 11) is 0. The van der Waals surface area contributed by atoms with E-state index in [-0.39, 0.29) is 28.1 Å². The van der Waals surface area contributed by atoms with Crippen molar-refractivity contribution in [3.8, 4) is 5.75 Å². The Labute approximate surface area is 295 Å². The minimum Gasteiger partial charge on any atom is -0.508 e. The van der Waals surface area contributed by atoms with Gasteiger partial charge in [-0.3, -0.25) is 29.3 Å². The molecule has 3 aromatic carbocycles. The number of carbonyl (C=O) groups is 4. The Kier molecular flexibility index (Phi) is 7.70. The normalized spacial score (nSPS) is 28.8. The summed E-state index contributed by atoms with van der Waals surface area (Å²) in [6, 6.07) is 8.60. The average Bonchev–Trinajstić information content (AvgIpc) is 3.42. The van der Waals surface area contributed by atoms with Crippen LogP contribution in [0.5, 0.6) is 5.75 Å². The van der Waals surface area contributed by atoms with Gasteiger partial charge >= 0.3 is 0 Å². The molecule has 7 rings (SSSR count). The van der Waals surface area contributed by atoms with Crippen LogP contribution in [0.3, 0.4) is 0 Å². The van der Waals surface area contributed by atoms with Gasteiger partial charge in [0.1, 0.15) is 11.4 Å². The summed E-state index contributed by atoms with van der Waals surface area (Å²) < 4.78 is 73.4. The van der Waals surface area contributed by atoms with Gasteiger partial charge in [0.2, 0.25) is 17.6 Å². The number of nitro benzene ring substituents is 1. The predicted molar refractivity (Wildman–Crippen MR) is 168 cm³/mol. The van der Waals surface area contributed by atoms with E-state index in [9.17, 15) is 47.6 Å². The number of nitrogens with zero attached hydrogens (tertiary/aromatic N) is 3. The summed E-state index contributed by atoms with van der Waals surface area (Å²) in [6.45, 7) is 0. The zero-order valence-electron chi connectivity index (χ0n) is 24.6. The van der Waals surface area contributed by atoms with Crippen molar-refractivity contribution in [2.45, 2.75) is 28.5 Å². The second kappa shape index (κ2) is 11.3. The summed E-state index contributed by atoms with van der Waals surface area (Å²) in [5.74, 6) is -23.4. The molecule has 4 amide bonds. The second-order valence-corrected chi connectivity index (χ2v) is 14.3. The maximum Gasteiger partial charge on any atom is 0.271 e. The quantitative estimate of drug-likeness (QED) is 0.0463. The van der Waals surface area contributed by atoms with E-state index in [4.69, 9.17) is 23.2 Å². The van der Waals surface area contributed by atoms with Crippen molar-refractivity contribution in [1.82, 2.24) is 0 Å². The summed E-state index contributed by atoms with van der Waals surface area (Å²) in [5, 5.41) is 22.5. The molecule has 50 heavy (non-hydrogen) atoms. The summed E-state index contributed by atoms with van der Waals surface area (Å²) in [5.41, 5.74) is -2.52. The van der Waals surface area contributed by atoms with Gasteiger partial charge in [0, 0.05) is 28.1 Å². The predicted octanol–water partition coefficient (Wildman–Crippen LogP) is 6.53. The molecule has 1 N–H and O–H groups in total. The molecule has 3 aromatic rings. The van der Waals surface area contributed by atoms with Crippen LogP contribution in [-0.4, -0.2) is 43.4 Å². The van der Waals surface area contributed by atoms with Crippen molar-refractivity contribution in [3.05, 3.63) is 103 Å². The first-order valence-electron chi connectivity index (χ1n) is 14.6. The molecule has 2 aliphatic carbocycles. The van der Waals surface area contributed by atoms with E-state index in [0.29, 0.717) is 4.47 Å². The third kappa shape index (κ3) is 4.30. The number of non-ortho nitro benzene ring substituents is 1. The number of nitro groups is 1. The molecule has 0 aromatic heterocycles. The number of aromatic hydroxyl groups is 1. The first-order valence-corrected chi connectivity index (χ1v) is 16.1. The Morgan fingerprint density at radius 1 is 0.860 bits per heavy atom. The van der Waals surface area contributed by atoms with Crippen LogP contribution in [0.4, 0.5) is 39.0 Å². The number of allylic oxidation sites excluding steroid dienone is 2. The van der Waals surface area contributed by atoms with Crippen molar-refractivity contribution in [3.63, 3.8) is 0 Å². The highest BCUT2D eigenvalue weighted by Crippen LogP contribution is 2.67. The topological polar surface area (TPSA) is 138 Å². The number of carbonyl (C=O) groups excluding carboxylic acids is 4. The van der Waals surface area contributed by atoms with Crippen LogP contribution in [0.2, 0.25) is 0 Å². The SMILES string of the molecule is O=C1[C@H]2[C@H](CC=C3[C@H]2C[C@@]2(Cl)C(=O)N(c4c(F)c(F)c(F)c(F)c4F)C(=O)[C@@]2(Cl)[C@H]3c2cc(Br)ccc2O)C(=O)N1c1cccc([N+](=O)[O-])c1. The number of fused-ring (bicyclic) bond motifs is 4. The molecule has 10 nitrogen and oxygen atoms in total. The number of alkyl halides is 2. The van der Waals surface area contributed by atoms with Crippen molar-refractivity contribution < 1.29 is 51.2 Å². The van der Waals surface area contributed by atoms with Crippen LogP contribution in [0.25, 0.3) is 0 Å². The maximum absolute atomic E-state index is 15.2. The van der Waals surface area contributed by atoms with Crippen LogP contribution in [-0.2, 0) is 19.2 Å². The number of hydrogen-bond donors (Lipinski definition) is 1. The molecule has 6 atom stereocenters. The Hall–Kier alpha value is -4.41. The minimum atomic E-state index is -2.81. The molecule has 3 fully saturated rings. The summed E-state index contributed by atoms with van der Waals surface area (Å²) in [6.07, 6.45) is 0.538. The smallest absolute Gasteiger partial charge is 0.271 e. The Balaban J connectivity index is 1.43. The number of halogens is 8. The molecule has 18 heteroatoms. The van der Waals surface area contributed by atoms with Gasteiger partial charge in [0.05, 0.1) is 22.4 Å². The monoisotopic (exact) mass is 799 g/mol. The molecular formula is C32H17BrCl2F5N3O7. The van der Waals surface area contributed by atoms with Gasteiger partial charge in [-0.1, -0.05) is 33.6 Å². The van der Waals surface area contributed by atoms with E-state index < -0.39 is 115 Å². The van der Waals surface area contributed by atoms with Gasteiger partial charge in [-0.15, -0.1) is 23.2 Å². The number of benzene rings is 3. The number of rotatable bonds is 4.